The molecule has 0 fully saturated rings. The zero-order valence-electron chi connectivity index (χ0n) is 9.43. The molecule has 0 heterocycles. The van der Waals surface area contributed by atoms with E-state index in [9.17, 15) is 4.79 Å². The minimum absolute atomic E-state index is 0.1000. The van der Waals surface area contributed by atoms with E-state index in [0.29, 0.717) is 5.69 Å². The maximum Gasteiger partial charge on any atom is 0.241 e. The number of amides is 1. The third kappa shape index (κ3) is 4.05. The van der Waals surface area contributed by atoms with Crippen molar-refractivity contribution in [2.24, 2.45) is 11.7 Å². The number of nitrogens with one attached hydrogen (secondary N) is 1. The van der Waals surface area contributed by atoms with E-state index in [-0.39, 0.29) is 11.8 Å². The molecule has 3 nitrogen and oxygen atoms in total. The van der Waals surface area contributed by atoms with Gasteiger partial charge in [0, 0.05) is 13.4 Å². The van der Waals surface area contributed by atoms with Crippen LogP contribution in [-0.4, -0.2) is 11.9 Å². The summed E-state index contributed by atoms with van der Waals surface area (Å²) in [5, 5.41) is 2.81. The van der Waals surface area contributed by atoms with Gasteiger partial charge in [0.25, 0.3) is 0 Å². The molecule has 1 atom stereocenters. The minimum atomic E-state index is -0.516. The van der Waals surface area contributed by atoms with Crippen LogP contribution in [0.15, 0.2) is 25.6 Å². The van der Waals surface area contributed by atoms with E-state index < -0.39 is 6.04 Å². The lowest BCUT2D eigenvalue weighted by atomic mass is 10.1. The van der Waals surface area contributed by atoms with E-state index in [1.165, 1.54) is 0 Å². The summed E-state index contributed by atoms with van der Waals surface area (Å²) in [6, 6.07) is 3.21. The maximum atomic E-state index is 11.9. The molecular formula is C11H13Br3N2O. The highest BCUT2D eigenvalue weighted by Gasteiger charge is 2.19. The van der Waals surface area contributed by atoms with Crippen LogP contribution in [0.1, 0.15) is 13.8 Å². The quantitative estimate of drug-likeness (QED) is 0.767. The standard InChI is InChI=1S/C11H13Br3N2O/c1-5(2)9(15)11(17)16-10-7(13)3-6(12)4-8(10)14/h3-5,9H,15H2,1-2H3,(H,16,17). The molecule has 1 unspecified atom stereocenters. The Kier molecular flexibility index (Phi) is 5.63. The molecule has 0 spiro atoms. The number of carbonyl (C=O) groups excluding carboxylic acids is 1. The first-order valence-corrected chi connectivity index (χ1v) is 7.41. The van der Waals surface area contributed by atoms with Crippen LogP contribution in [0.4, 0.5) is 5.69 Å². The third-order valence-corrected chi connectivity index (χ3v) is 3.98. The van der Waals surface area contributed by atoms with Crippen LogP contribution < -0.4 is 11.1 Å². The molecule has 1 amide bonds. The van der Waals surface area contributed by atoms with Crippen molar-refractivity contribution in [2.75, 3.05) is 5.32 Å². The second-order valence-electron chi connectivity index (χ2n) is 4.00. The zero-order chi connectivity index (χ0) is 13.2. The Morgan fingerprint density at radius 2 is 1.71 bits per heavy atom. The summed E-state index contributed by atoms with van der Waals surface area (Å²) < 4.78 is 2.51. The van der Waals surface area contributed by atoms with Crippen LogP contribution in [0.3, 0.4) is 0 Å². The van der Waals surface area contributed by atoms with Crippen LogP contribution >= 0.6 is 47.8 Å². The summed E-state index contributed by atoms with van der Waals surface area (Å²) in [6.45, 7) is 3.83. The van der Waals surface area contributed by atoms with Gasteiger partial charge < -0.3 is 11.1 Å². The first kappa shape index (κ1) is 15.1. The molecule has 0 bridgehead atoms. The molecule has 0 saturated carbocycles. The molecule has 0 aromatic heterocycles. The largest absolute Gasteiger partial charge is 0.323 e. The first-order chi connectivity index (χ1) is 7.82. The number of hydrogen-bond acceptors (Lipinski definition) is 2. The van der Waals surface area contributed by atoms with Gasteiger partial charge in [0.05, 0.1) is 11.7 Å². The summed E-state index contributed by atoms with van der Waals surface area (Å²) in [7, 11) is 0. The van der Waals surface area contributed by atoms with Gasteiger partial charge in [-0.1, -0.05) is 29.8 Å². The number of nitrogens with two attached hydrogens (primary N) is 1. The fourth-order valence-electron chi connectivity index (χ4n) is 1.17. The third-order valence-electron chi connectivity index (χ3n) is 2.28. The molecule has 1 aromatic carbocycles. The van der Waals surface area contributed by atoms with Crippen molar-refractivity contribution in [3.63, 3.8) is 0 Å². The monoisotopic (exact) mass is 426 g/mol. The van der Waals surface area contributed by atoms with Crippen LogP contribution in [0.2, 0.25) is 0 Å². The average Bonchev–Trinajstić information content (AvgIpc) is 2.21. The van der Waals surface area contributed by atoms with Gasteiger partial charge in [-0.05, 0) is 49.9 Å². The average molecular weight is 429 g/mol. The Labute approximate surface area is 126 Å². The maximum absolute atomic E-state index is 11.9. The fraction of sp³-hybridized carbons (Fsp3) is 0.364. The van der Waals surface area contributed by atoms with E-state index in [1.807, 2.05) is 26.0 Å². The summed E-state index contributed by atoms with van der Waals surface area (Å²) in [5.74, 6) is -0.0910. The number of benzene rings is 1. The van der Waals surface area contributed by atoms with E-state index in [0.717, 1.165) is 13.4 Å². The number of halogens is 3. The number of carbonyl (C=O) groups is 1. The van der Waals surface area contributed by atoms with Crippen molar-refractivity contribution in [1.29, 1.82) is 0 Å². The van der Waals surface area contributed by atoms with Gasteiger partial charge in [-0.2, -0.15) is 0 Å². The van der Waals surface area contributed by atoms with Crippen molar-refractivity contribution < 1.29 is 4.79 Å². The predicted octanol–water partition coefficient (Wildman–Crippen LogP) is 3.90. The van der Waals surface area contributed by atoms with Crippen LogP contribution in [0.5, 0.6) is 0 Å². The van der Waals surface area contributed by atoms with Gasteiger partial charge in [-0.3, -0.25) is 4.79 Å². The van der Waals surface area contributed by atoms with Crippen molar-refractivity contribution in [3.8, 4) is 0 Å². The molecule has 0 radical (unpaired) electrons. The SMILES string of the molecule is CC(C)C(N)C(=O)Nc1c(Br)cc(Br)cc1Br. The fourth-order valence-corrected chi connectivity index (χ4v) is 3.63. The number of hydrogen-bond donors (Lipinski definition) is 2. The Hall–Kier alpha value is 0.0900. The molecule has 0 aliphatic carbocycles. The number of rotatable bonds is 3. The summed E-state index contributed by atoms with van der Waals surface area (Å²) in [6.07, 6.45) is 0. The minimum Gasteiger partial charge on any atom is -0.323 e. The van der Waals surface area contributed by atoms with Crippen molar-refractivity contribution in [3.05, 3.63) is 25.6 Å². The van der Waals surface area contributed by atoms with Crippen molar-refractivity contribution >= 4 is 59.4 Å². The Balaban J connectivity index is 2.93. The van der Waals surface area contributed by atoms with Crippen LogP contribution in [-0.2, 0) is 4.79 Å². The lowest BCUT2D eigenvalue weighted by molar-refractivity contribution is -0.118. The van der Waals surface area contributed by atoms with Gasteiger partial charge in [0.1, 0.15) is 0 Å². The highest BCUT2D eigenvalue weighted by atomic mass is 79.9. The van der Waals surface area contributed by atoms with Gasteiger partial charge in [0.2, 0.25) is 5.91 Å². The van der Waals surface area contributed by atoms with Gasteiger partial charge in [-0.25, -0.2) is 0 Å². The Bertz CT molecular complexity index is 412. The molecule has 94 valence electrons. The molecule has 6 heteroatoms. The summed E-state index contributed by atoms with van der Waals surface area (Å²) in [5.41, 5.74) is 6.48. The smallest absolute Gasteiger partial charge is 0.241 e. The second-order valence-corrected chi connectivity index (χ2v) is 6.63. The molecule has 17 heavy (non-hydrogen) atoms. The molecule has 3 N–H and O–H groups in total. The zero-order valence-corrected chi connectivity index (χ0v) is 14.2. The summed E-state index contributed by atoms with van der Waals surface area (Å²) >= 11 is 10.2. The lowest BCUT2D eigenvalue weighted by Gasteiger charge is -2.17. The molecular weight excluding hydrogens is 416 g/mol. The highest BCUT2D eigenvalue weighted by molar-refractivity contribution is 9.11. The Morgan fingerprint density at radius 1 is 1.24 bits per heavy atom. The Morgan fingerprint density at radius 3 is 2.12 bits per heavy atom. The van der Waals surface area contributed by atoms with Crippen LogP contribution in [0.25, 0.3) is 0 Å². The second kappa shape index (κ2) is 6.31. The van der Waals surface area contributed by atoms with Crippen LogP contribution in [0, 0.1) is 5.92 Å². The van der Waals surface area contributed by atoms with E-state index in [4.69, 9.17) is 5.73 Å². The van der Waals surface area contributed by atoms with Crippen molar-refractivity contribution in [2.45, 2.75) is 19.9 Å². The molecule has 1 aromatic rings. The molecule has 0 saturated heterocycles. The van der Waals surface area contributed by atoms with Gasteiger partial charge in [-0.15, -0.1) is 0 Å². The number of anilines is 1. The van der Waals surface area contributed by atoms with Gasteiger partial charge >= 0.3 is 0 Å². The highest BCUT2D eigenvalue weighted by Crippen LogP contribution is 2.34. The first-order valence-electron chi connectivity index (χ1n) is 5.04. The van der Waals surface area contributed by atoms with Crippen molar-refractivity contribution in [1.82, 2.24) is 0 Å². The van der Waals surface area contributed by atoms with E-state index in [2.05, 4.69) is 53.1 Å². The van der Waals surface area contributed by atoms with E-state index >= 15 is 0 Å². The summed E-state index contributed by atoms with van der Waals surface area (Å²) in [4.78, 5) is 11.9. The predicted molar refractivity (Wildman–Crippen MR) is 81.0 cm³/mol. The molecule has 0 aliphatic heterocycles. The normalized spacial score (nSPS) is 12.6. The molecule has 0 aliphatic rings. The van der Waals surface area contributed by atoms with E-state index in [1.54, 1.807) is 0 Å². The van der Waals surface area contributed by atoms with Gasteiger partial charge in [0.15, 0.2) is 0 Å². The topological polar surface area (TPSA) is 55.1 Å². The lowest BCUT2D eigenvalue weighted by Crippen LogP contribution is -2.39. The molecule has 1 rings (SSSR count).